The zero-order valence-corrected chi connectivity index (χ0v) is 9.34. The third-order valence-corrected chi connectivity index (χ3v) is 4.18. The van der Waals surface area contributed by atoms with Gasteiger partial charge in [0, 0.05) is 14.2 Å². The molecule has 0 aliphatic carbocycles. The molecule has 0 heterocycles. The van der Waals surface area contributed by atoms with Gasteiger partial charge in [-0.05, 0) is 11.8 Å². The van der Waals surface area contributed by atoms with E-state index in [2.05, 4.69) is 0 Å². The van der Waals surface area contributed by atoms with Crippen molar-refractivity contribution in [3.05, 3.63) is 0 Å². The highest BCUT2D eigenvalue weighted by molar-refractivity contribution is 8.07. The third-order valence-electron chi connectivity index (χ3n) is 0.812. The Balaban J connectivity index is 3.97. The van der Waals surface area contributed by atoms with Gasteiger partial charge in [-0.3, -0.25) is 4.52 Å². The molecule has 0 radical (unpaired) electrons. The Labute approximate surface area is 81.2 Å². The first-order valence-electron chi connectivity index (χ1n) is 2.68. The van der Waals surface area contributed by atoms with Gasteiger partial charge < -0.3 is 9.05 Å². The number of alkyl halides is 2. The van der Waals surface area contributed by atoms with E-state index in [0.29, 0.717) is 0 Å². The number of hydrogen-bond acceptors (Lipinski definition) is 4. The lowest BCUT2D eigenvalue weighted by atomic mass is 10.9. The molecule has 0 N–H and O–H groups in total. The molecule has 0 saturated heterocycles. The predicted molar refractivity (Wildman–Crippen MR) is 49.7 cm³/mol. The topological polar surface area (TPSA) is 27.7 Å². The van der Waals surface area contributed by atoms with Crippen LogP contribution in [0, 0.1) is 0 Å². The van der Waals surface area contributed by atoms with E-state index in [1.807, 2.05) is 0 Å². The average molecular weight is 239 g/mol. The molecule has 0 aliphatic rings. The monoisotopic (exact) mass is 238 g/mol. The van der Waals surface area contributed by atoms with E-state index >= 15 is 0 Å². The molecule has 0 bridgehead atoms. The SMILES string of the molecule is COP(=S)(OC)OC(Cl)CCl. The molecule has 7 heteroatoms. The minimum absolute atomic E-state index is 0.146. The first kappa shape index (κ1) is 12.1. The van der Waals surface area contributed by atoms with Crippen molar-refractivity contribution in [2.45, 2.75) is 5.56 Å². The van der Waals surface area contributed by atoms with Gasteiger partial charge in [-0.2, -0.15) is 0 Å². The van der Waals surface area contributed by atoms with Crippen LogP contribution in [0.3, 0.4) is 0 Å². The van der Waals surface area contributed by atoms with Gasteiger partial charge in [-0.25, -0.2) is 0 Å². The van der Waals surface area contributed by atoms with Crippen LogP contribution in [0.1, 0.15) is 0 Å². The van der Waals surface area contributed by atoms with Crippen molar-refractivity contribution in [1.82, 2.24) is 0 Å². The van der Waals surface area contributed by atoms with Gasteiger partial charge in [-0.1, -0.05) is 11.6 Å². The van der Waals surface area contributed by atoms with Crippen molar-refractivity contribution in [3.8, 4) is 0 Å². The molecule has 0 rings (SSSR count). The number of hydrogen-bond donors (Lipinski definition) is 0. The van der Waals surface area contributed by atoms with Crippen LogP contribution in [0.25, 0.3) is 0 Å². The van der Waals surface area contributed by atoms with Crippen LogP contribution in [0.15, 0.2) is 0 Å². The lowest BCUT2D eigenvalue weighted by Crippen LogP contribution is -2.06. The Morgan fingerprint density at radius 1 is 1.45 bits per heavy atom. The Morgan fingerprint density at radius 3 is 2.18 bits per heavy atom. The Morgan fingerprint density at radius 2 is 1.91 bits per heavy atom. The summed E-state index contributed by atoms with van der Waals surface area (Å²) in [5, 5.41) is 0. The van der Waals surface area contributed by atoms with Crippen LogP contribution in [0.4, 0.5) is 0 Å². The lowest BCUT2D eigenvalue weighted by molar-refractivity contribution is 0.195. The second-order valence-electron chi connectivity index (χ2n) is 1.48. The highest BCUT2D eigenvalue weighted by Crippen LogP contribution is 2.49. The van der Waals surface area contributed by atoms with Crippen molar-refractivity contribution in [3.63, 3.8) is 0 Å². The smallest absolute Gasteiger partial charge is 0.312 e. The number of rotatable bonds is 5. The Bertz CT molecular complexity index is 148. The molecule has 68 valence electrons. The standard InChI is InChI=1S/C4H9Cl2O3PS/c1-7-10(11,8-2)9-4(6)3-5/h4H,3H2,1-2H3. The molecule has 3 nitrogen and oxygen atoms in total. The summed E-state index contributed by atoms with van der Waals surface area (Å²) in [6, 6.07) is 0. The first-order chi connectivity index (χ1) is 5.08. The fourth-order valence-corrected chi connectivity index (χ4v) is 1.92. The fourth-order valence-electron chi connectivity index (χ4n) is 0.329. The second kappa shape index (κ2) is 5.70. The van der Waals surface area contributed by atoms with Crippen LogP contribution in [0.5, 0.6) is 0 Å². The van der Waals surface area contributed by atoms with E-state index in [4.69, 9.17) is 48.6 Å². The van der Waals surface area contributed by atoms with E-state index in [9.17, 15) is 0 Å². The van der Waals surface area contributed by atoms with Crippen molar-refractivity contribution in [2.75, 3.05) is 20.1 Å². The summed E-state index contributed by atoms with van der Waals surface area (Å²) in [5.41, 5.74) is -0.664. The molecular formula is C4H9Cl2O3PS. The number of halogens is 2. The van der Waals surface area contributed by atoms with Gasteiger partial charge in [0.05, 0.1) is 5.88 Å². The van der Waals surface area contributed by atoms with Crippen LogP contribution in [-0.2, 0) is 25.4 Å². The largest absolute Gasteiger partial charge is 0.328 e. The summed E-state index contributed by atoms with van der Waals surface area (Å²) < 4.78 is 14.6. The minimum Gasteiger partial charge on any atom is -0.312 e. The summed E-state index contributed by atoms with van der Waals surface area (Å²) >= 11 is 15.8. The van der Waals surface area contributed by atoms with Crippen molar-refractivity contribution < 1.29 is 13.6 Å². The highest BCUT2D eigenvalue weighted by atomic mass is 35.5. The predicted octanol–water partition coefficient (Wildman–Crippen LogP) is 2.32. The molecule has 1 atom stereocenters. The van der Waals surface area contributed by atoms with Gasteiger partial charge in [-0.15, -0.1) is 11.6 Å². The van der Waals surface area contributed by atoms with Gasteiger partial charge in [0.1, 0.15) is 0 Å². The van der Waals surface area contributed by atoms with Gasteiger partial charge in [0.25, 0.3) is 0 Å². The molecule has 1 unspecified atom stereocenters. The normalized spacial score (nSPS) is 14.9. The van der Waals surface area contributed by atoms with Crippen LogP contribution in [0.2, 0.25) is 0 Å². The van der Waals surface area contributed by atoms with Crippen LogP contribution in [-0.4, -0.2) is 25.7 Å². The second-order valence-corrected chi connectivity index (χ2v) is 5.45. The zero-order valence-electron chi connectivity index (χ0n) is 6.12. The summed E-state index contributed by atoms with van der Waals surface area (Å²) in [5.74, 6) is 0.146. The van der Waals surface area contributed by atoms with E-state index in [1.165, 1.54) is 14.2 Å². The molecule has 0 aromatic carbocycles. The summed E-state index contributed by atoms with van der Waals surface area (Å²) in [4.78, 5) is 0. The van der Waals surface area contributed by atoms with Crippen molar-refractivity contribution in [2.24, 2.45) is 0 Å². The molecular weight excluding hydrogens is 230 g/mol. The highest BCUT2D eigenvalue weighted by Gasteiger charge is 2.20. The molecule has 0 aromatic heterocycles. The average Bonchev–Trinajstić information content (AvgIpc) is 2.04. The molecule has 0 fully saturated rings. The quantitative estimate of drug-likeness (QED) is 0.543. The third kappa shape index (κ3) is 4.63. The summed E-state index contributed by atoms with van der Waals surface area (Å²) in [7, 11) is 2.81. The summed E-state index contributed by atoms with van der Waals surface area (Å²) in [6.45, 7) is -2.64. The molecule has 0 aromatic rings. The first-order valence-corrected chi connectivity index (χ1v) is 6.20. The van der Waals surface area contributed by atoms with Gasteiger partial charge in [0.15, 0.2) is 5.56 Å². The van der Waals surface area contributed by atoms with E-state index < -0.39 is 12.3 Å². The summed E-state index contributed by atoms with van der Waals surface area (Å²) in [6.07, 6.45) is 0. The van der Waals surface area contributed by atoms with Crippen molar-refractivity contribution in [1.29, 1.82) is 0 Å². The lowest BCUT2D eigenvalue weighted by Gasteiger charge is -2.19. The van der Waals surface area contributed by atoms with E-state index in [0.717, 1.165) is 0 Å². The maximum atomic E-state index is 5.55. The molecule has 0 amide bonds. The van der Waals surface area contributed by atoms with Gasteiger partial charge >= 0.3 is 6.72 Å². The van der Waals surface area contributed by atoms with Crippen LogP contribution >= 0.6 is 29.9 Å². The minimum atomic E-state index is -2.64. The van der Waals surface area contributed by atoms with E-state index in [-0.39, 0.29) is 5.88 Å². The molecule has 11 heavy (non-hydrogen) atoms. The van der Waals surface area contributed by atoms with Crippen LogP contribution < -0.4 is 0 Å². The Kier molecular flexibility index (Phi) is 6.28. The maximum absolute atomic E-state index is 5.55. The van der Waals surface area contributed by atoms with Gasteiger partial charge in [0.2, 0.25) is 0 Å². The maximum Gasteiger partial charge on any atom is 0.328 e. The molecule has 0 saturated carbocycles. The van der Waals surface area contributed by atoms with Crippen molar-refractivity contribution >= 4 is 41.7 Å². The molecule has 0 spiro atoms. The van der Waals surface area contributed by atoms with E-state index in [1.54, 1.807) is 0 Å². The Hall–Kier alpha value is 1.11. The molecule has 0 aliphatic heterocycles. The zero-order chi connectivity index (χ0) is 8.91. The fraction of sp³-hybridized carbons (Fsp3) is 1.00.